The zero-order valence-electron chi connectivity index (χ0n) is 17.0. The molecule has 4 rings (SSSR count). The van der Waals surface area contributed by atoms with E-state index in [1.54, 1.807) is 37.3 Å². The zero-order chi connectivity index (χ0) is 22.0. The highest BCUT2D eigenvalue weighted by Gasteiger charge is 2.27. The van der Waals surface area contributed by atoms with Gasteiger partial charge in [-0.2, -0.15) is 8.99 Å². The average Bonchev–Trinajstić information content (AvgIpc) is 2.79. The number of esters is 1. The summed E-state index contributed by atoms with van der Waals surface area (Å²) in [7, 11) is -3.68. The molecule has 1 aliphatic heterocycles. The van der Waals surface area contributed by atoms with Crippen LogP contribution in [0.4, 0.5) is 0 Å². The molecule has 31 heavy (non-hydrogen) atoms. The van der Waals surface area contributed by atoms with Gasteiger partial charge in [0, 0.05) is 13.1 Å². The second-order valence-corrected chi connectivity index (χ2v) is 9.35. The molecule has 0 amide bonds. The predicted molar refractivity (Wildman–Crippen MR) is 113 cm³/mol. The predicted octanol–water partition coefficient (Wildman–Crippen LogP) is 2.09. The molecule has 0 saturated carbocycles. The van der Waals surface area contributed by atoms with Gasteiger partial charge < -0.3 is 4.74 Å². The molecule has 0 bridgehead atoms. The average molecular weight is 442 g/mol. The largest absolute Gasteiger partial charge is 0.439 e. The third-order valence-corrected chi connectivity index (χ3v) is 7.22. The number of aryl methyl sites for hydroxylation is 1. The molecule has 0 unspecified atom stereocenters. The van der Waals surface area contributed by atoms with Crippen molar-refractivity contribution in [3.8, 4) is 0 Å². The van der Waals surface area contributed by atoms with Crippen molar-refractivity contribution in [2.45, 2.75) is 37.8 Å². The number of hydrogen-bond acceptors (Lipinski definition) is 7. The normalized spacial score (nSPS) is 15.1. The number of rotatable bonds is 5. The van der Waals surface area contributed by atoms with Crippen LogP contribution in [0.3, 0.4) is 0 Å². The fourth-order valence-electron chi connectivity index (χ4n) is 3.54. The molecule has 0 aliphatic carbocycles. The minimum absolute atomic E-state index is 0.0506. The Morgan fingerprint density at radius 2 is 1.84 bits per heavy atom. The molecule has 3 aromatic rings. The molecule has 0 radical (unpaired) electrons. The standard InChI is InChI=1S/C21H22N4O5S/c1-15-9-10-16(31(28,29)24-11-5-2-6-12-24)13-18(15)21(27)30-14-25-20(26)17-7-3-4-8-19(17)22-23-25/h3-4,7-10,13H,2,5-6,11-12,14H2,1H3. The van der Waals surface area contributed by atoms with Crippen LogP contribution in [0.1, 0.15) is 35.2 Å². The number of aromatic nitrogens is 3. The van der Waals surface area contributed by atoms with E-state index < -0.39 is 28.3 Å². The molecule has 1 aromatic heterocycles. The zero-order valence-corrected chi connectivity index (χ0v) is 17.8. The van der Waals surface area contributed by atoms with Gasteiger partial charge >= 0.3 is 5.97 Å². The van der Waals surface area contributed by atoms with E-state index in [2.05, 4.69) is 10.3 Å². The van der Waals surface area contributed by atoms with Crippen molar-refractivity contribution < 1.29 is 17.9 Å². The summed E-state index contributed by atoms with van der Waals surface area (Å²) in [4.78, 5) is 25.2. The van der Waals surface area contributed by atoms with Crippen LogP contribution in [0, 0.1) is 6.92 Å². The maximum absolute atomic E-state index is 12.9. The van der Waals surface area contributed by atoms with Gasteiger partial charge in [-0.15, -0.1) is 5.10 Å². The lowest BCUT2D eigenvalue weighted by molar-refractivity contribution is 0.0335. The molecule has 0 spiro atoms. The molecular weight excluding hydrogens is 420 g/mol. The highest BCUT2D eigenvalue weighted by molar-refractivity contribution is 7.89. The summed E-state index contributed by atoms with van der Waals surface area (Å²) < 4.78 is 33.5. The number of piperidine rings is 1. The summed E-state index contributed by atoms with van der Waals surface area (Å²) in [6, 6.07) is 11.1. The Balaban J connectivity index is 1.56. The van der Waals surface area contributed by atoms with Crippen molar-refractivity contribution in [1.29, 1.82) is 0 Å². The summed E-state index contributed by atoms with van der Waals surface area (Å²) >= 11 is 0. The second-order valence-electron chi connectivity index (χ2n) is 7.41. The number of carbonyl (C=O) groups excluding carboxylic acids is 1. The number of benzene rings is 2. The first kappa shape index (κ1) is 21.1. The first-order valence-corrected chi connectivity index (χ1v) is 11.4. The summed E-state index contributed by atoms with van der Waals surface area (Å²) in [5.74, 6) is -0.741. The van der Waals surface area contributed by atoms with Crippen LogP contribution < -0.4 is 5.56 Å². The van der Waals surface area contributed by atoms with Gasteiger partial charge in [0.1, 0.15) is 5.52 Å². The van der Waals surface area contributed by atoms with Gasteiger partial charge in [-0.1, -0.05) is 29.8 Å². The molecule has 0 atom stereocenters. The molecule has 1 aliphatic rings. The van der Waals surface area contributed by atoms with E-state index in [0.717, 1.165) is 23.9 Å². The third-order valence-electron chi connectivity index (χ3n) is 5.33. The topological polar surface area (TPSA) is 111 Å². The summed E-state index contributed by atoms with van der Waals surface area (Å²) in [6.07, 6.45) is 2.65. The molecular formula is C21H22N4O5S. The van der Waals surface area contributed by atoms with E-state index in [4.69, 9.17) is 4.74 Å². The highest BCUT2D eigenvalue weighted by atomic mass is 32.2. The van der Waals surface area contributed by atoms with Crippen molar-refractivity contribution in [2.24, 2.45) is 0 Å². The lowest BCUT2D eigenvalue weighted by Gasteiger charge is -2.26. The van der Waals surface area contributed by atoms with Crippen LogP contribution in [0.2, 0.25) is 0 Å². The number of hydrogen-bond donors (Lipinski definition) is 0. The van der Waals surface area contributed by atoms with E-state index in [-0.39, 0.29) is 10.5 Å². The monoisotopic (exact) mass is 442 g/mol. The van der Waals surface area contributed by atoms with E-state index in [1.165, 1.54) is 16.4 Å². The number of nitrogens with zero attached hydrogens (tertiary/aromatic N) is 4. The van der Waals surface area contributed by atoms with Crippen molar-refractivity contribution in [2.75, 3.05) is 13.1 Å². The van der Waals surface area contributed by atoms with E-state index in [0.29, 0.717) is 29.6 Å². The first-order chi connectivity index (χ1) is 14.9. The lowest BCUT2D eigenvalue weighted by atomic mass is 10.1. The summed E-state index contributed by atoms with van der Waals surface area (Å²) in [5, 5.41) is 8.09. The Bertz CT molecular complexity index is 1300. The minimum atomic E-state index is -3.68. The fraction of sp³-hybridized carbons (Fsp3) is 0.333. The SMILES string of the molecule is Cc1ccc(S(=O)(=O)N2CCCCC2)cc1C(=O)OCn1nnc2ccccc2c1=O. The molecule has 1 fully saturated rings. The number of sulfonamides is 1. The summed E-state index contributed by atoms with van der Waals surface area (Å²) in [5.41, 5.74) is 0.706. The Labute approximate surface area is 179 Å². The van der Waals surface area contributed by atoms with Crippen LogP contribution in [0.5, 0.6) is 0 Å². The fourth-order valence-corrected chi connectivity index (χ4v) is 5.09. The Hall–Kier alpha value is -3.11. The van der Waals surface area contributed by atoms with Gasteiger partial charge in [0.25, 0.3) is 5.56 Å². The van der Waals surface area contributed by atoms with Crippen molar-refractivity contribution in [3.63, 3.8) is 0 Å². The van der Waals surface area contributed by atoms with Gasteiger partial charge in [0.15, 0.2) is 6.73 Å². The Morgan fingerprint density at radius 1 is 1.10 bits per heavy atom. The van der Waals surface area contributed by atoms with Crippen LogP contribution in [0.25, 0.3) is 10.9 Å². The minimum Gasteiger partial charge on any atom is -0.439 e. The lowest BCUT2D eigenvalue weighted by Crippen LogP contribution is -2.35. The molecule has 0 N–H and O–H groups in total. The van der Waals surface area contributed by atoms with Crippen LogP contribution in [0.15, 0.2) is 52.2 Å². The van der Waals surface area contributed by atoms with Gasteiger partial charge in [-0.3, -0.25) is 4.79 Å². The highest BCUT2D eigenvalue weighted by Crippen LogP contribution is 2.23. The molecule has 1 saturated heterocycles. The maximum Gasteiger partial charge on any atom is 0.340 e. The van der Waals surface area contributed by atoms with E-state index >= 15 is 0 Å². The van der Waals surface area contributed by atoms with E-state index in [9.17, 15) is 18.0 Å². The molecule has 2 heterocycles. The second kappa shape index (κ2) is 8.56. The molecule has 9 nitrogen and oxygen atoms in total. The van der Waals surface area contributed by atoms with E-state index in [1.807, 2.05) is 0 Å². The van der Waals surface area contributed by atoms with Crippen LogP contribution in [-0.2, 0) is 21.5 Å². The van der Waals surface area contributed by atoms with Gasteiger partial charge in [-0.05, 0) is 49.6 Å². The number of ether oxygens (including phenoxy) is 1. The van der Waals surface area contributed by atoms with Crippen LogP contribution >= 0.6 is 0 Å². The van der Waals surface area contributed by atoms with Gasteiger partial charge in [0.05, 0.1) is 15.8 Å². The Kier molecular flexibility index (Phi) is 5.84. The van der Waals surface area contributed by atoms with Crippen LogP contribution in [-0.4, -0.2) is 46.8 Å². The van der Waals surface area contributed by atoms with Crippen molar-refractivity contribution in [3.05, 3.63) is 63.9 Å². The molecule has 162 valence electrons. The molecule has 2 aromatic carbocycles. The van der Waals surface area contributed by atoms with Crippen molar-refractivity contribution in [1.82, 2.24) is 19.3 Å². The number of carbonyl (C=O) groups is 1. The molecule has 10 heteroatoms. The summed E-state index contributed by atoms with van der Waals surface area (Å²) in [6.45, 7) is 2.20. The smallest absolute Gasteiger partial charge is 0.340 e. The quantitative estimate of drug-likeness (QED) is 0.556. The van der Waals surface area contributed by atoms with Gasteiger partial charge in [-0.25, -0.2) is 13.2 Å². The maximum atomic E-state index is 12.9. The van der Waals surface area contributed by atoms with Crippen molar-refractivity contribution >= 4 is 26.9 Å². The van der Waals surface area contributed by atoms with Gasteiger partial charge in [0.2, 0.25) is 10.0 Å². The Morgan fingerprint density at radius 3 is 2.61 bits per heavy atom. The number of fused-ring (bicyclic) bond motifs is 1. The first-order valence-electron chi connectivity index (χ1n) is 9.98. The third kappa shape index (κ3) is 4.21.